The van der Waals surface area contributed by atoms with Gasteiger partial charge >= 0.3 is 0 Å². The van der Waals surface area contributed by atoms with Gasteiger partial charge in [0.05, 0.1) is 14.2 Å². The van der Waals surface area contributed by atoms with Crippen molar-refractivity contribution in [3.63, 3.8) is 0 Å². The van der Waals surface area contributed by atoms with Crippen LogP contribution < -0.4 is 15.2 Å². The number of benzene rings is 2. The Kier molecular flexibility index (Phi) is 9.08. The Bertz CT molecular complexity index is 907. The molecule has 0 heterocycles. The van der Waals surface area contributed by atoms with Crippen molar-refractivity contribution in [2.75, 3.05) is 14.2 Å². The van der Waals surface area contributed by atoms with Crippen LogP contribution in [-0.4, -0.2) is 38.1 Å². The van der Waals surface area contributed by atoms with Gasteiger partial charge in [-0.05, 0) is 54.7 Å². The molecule has 0 aliphatic heterocycles. The molecule has 0 aliphatic rings. The zero-order valence-electron chi connectivity index (χ0n) is 18.0. The molecule has 2 aromatic carbocycles. The quantitative estimate of drug-likeness (QED) is 0.376. The van der Waals surface area contributed by atoms with Gasteiger partial charge in [-0.15, -0.1) is 6.58 Å². The van der Waals surface area contributed by atoms with E-state index < -0.39 is 21.2 Å². The molecule has 1 atom stereocenters. The van der Waals surface area contributed by atoms with E-state index in [1.165, 1.54) is 4.31 Å². The van der Waals surface area contributed by atoms with E-state index in [-0.39, 0.29) is 19.5 Å². The van der Waals surface area contributed by atoms with Crippen LogP contribution in [0.15, 0.2) is 61.2 Å². The van der Waals surface area contributed by atoms with Crippen LogP contribution in [0.25, 0.3) is 0 Å². The van der Waals surface area contributed by atoms with Gasteiger partial charge in [0.25, 0.3) is 0 Å². The third kappa shape index (κ3) is 6.83. The molecule has 1 amide bonds. The highest BCUT2D eigenvalue weighted by Crippen LogP contribution is 2.23. The van der Waals surface area contributed by atoms with Crippen molar-refractivity contribution in [3.05, 3.63) is 72.3 Å². The molecule has 2 N–H and O–H groups in total. The van der Waals surface area contributed by atoms with Gasteiger partial charge in [0.2, 0.25) is 15.9 Å². The van der Waals surface area contributed by atoms with Crippen LogP contribution >= 0.6 is 0 Å². The lowest BCUT2D eigenvalue weighted by molar-refractivity contribution is -0.117. The minimum absolute atomic E-state index is 0.101. The molecule has 2 rings (SSSR count). The molecule has 0 bridgehead atoms. The number of amides is 1. The number of allylic oxidation sites excluding steroid dienone is 1. The Labute approximate surface area is 184 Å². The van der Waals surface area contributed by atoms with Crippen molar-refractivity contribution in [1.29, 1.82) is 0 Å². The van der Waals surface area contributed by atoms with Crippen molar-refractivity contribution in [3.8, 4) is 11.5 Å². The fourth-order valence-corrected chi connectivity index (χ4v) is 4.95. The average Bonchev–Trinajstić information content (AvgIpc) is 2.76. The van der Waals surface area contributed by atoms with E-state index in [1.807, 2.05) is 0 Å². The molecule has 31 heavy (non-hydrogen) atoms. The number of rotatable bonds is 13. The average molecular weight is 447 g/mol. The normalized spacial score (nSPS) is 12.4. The Hall–Kier alpha value is -2.84. The largest absolute Gasteiger partial charge is 0.497 e. The van der Waals surface area contributed by atoms with Crippen LogP contribution in [0.2, 0.25) is 0 Å². The smallest absolute Gasteiger partial charge is 0.237 e. The van der Waals surface area contributed by atoms with Crippen molar-refractivity contribution in [1.82, 2.24) is 4.31 Å². The van der Waals surface area contributed by atoms with Crippen molar-refractivity contribution in [2.24, 2.45) is 5.73 Å². The van der Waals surface area contributed by atoms with Crippen LogP contribution in [0, 0.1) is 0 Å². The zero-order chi connectivity index (χ0) is 22.9. The molecule has 0 aliphatic carbocycles. The Balaban J connectivity index is 2.36. The van der Waals surface area contributed by atoms with Crippen LogP contribution in [0.3, 0.4) is 0 Å². The van der Waals surface area contributed by atoms with Crippen molar-refractivity contribution < 1.29 is 22.7 Å². The second-order valence-electron chi connectivity index (χ2n) is 7.12. The predicted molar refractivity (Wildman–Crippen MR) is 121 cm³/mol. The Morgan fingerprint density at radius 1 is 1.00 bits per heavy atom. The van der Waals surface area contributed by atoms with E-state index in [9.17, 15) is 13.2 Å². The number of primary amides is 1. The number of nitrogens with two attached hydrogens (primary N) is 1. The molecule has 0 radical (unpaired) electrons. The number of hydrogen-bond donors (Lipinski definition) is 1. The third-order valence-electron chi connectivity index (χ3n) is 4.95. The first-order valence-corrected chi connectivity index (χ1v) is 11.5. The van der Waals surface area contributed by atoms with Gasteiger partial charge in [-0.25, -0.2) is 8.42 Å². The van der Waals surface area contributed by atoms with Gasteiger partial charge in [-0.1, -0.05) is 30.3 Å². The molecular weight excluding hydrogens is 416 g/mol. The number of nitrogens with zero attached hydrogens (tertiary/aromatic N) is 1. The summed E-state index contributed by atoms with van der Waals surface area (Å²) in [6.07, 6.45) is 2.95. The van der Waals surface area contributed by atoms with E-state index in [2.05, 4.69) is 6.58 Å². The third-order valence-corrected chi connectivity index (χ3v) is 7.11. The molecule has 0 unspecified atom stereocenters. The summed E-state index contributed by atoms with van der Waals surface area (Å²) in [4.78, 5) is 12.1. The molecule has 2 aromatic rings. The summed E-state index contributed by atoms with van der Waals surface area (Å²) >= 11 is 0. The molecule has 0 saturated carbocycles. The van der Waals surface area contributed by atoms with Gasteiger partial charge in [-0.3, -0.25) is 4.79 Å². The SMILES string of the molecule is C=CCCC[C@H](C(N)=O)S(=O)(=O)N(Cc1ccc(OC)cc1)Cc1ccc(OC)cc1. The first-order chi connectivity index (χ1) is 14.8. The van der Waals surface area contributed by atoms with Gasteiger partial charge in [0.15, 0.2) is 5.25 Å². The molecular formula is C23H30N2O5S. The topological polar surface area (TPSA) is 98.9 Å². The van der Waals surface area contributed by atoms with Gasteiger partial charge in [0.1, 0.15) is 11.5 Å². The fourth-order valence-electron chi connectivity index (χ4n) is 3.17. The molecule has 0 aromatic heterocycles. The highest BCUT2D eigenvalue weighted by Gasteiger charge is 2.36. The summed E-state index contributed by atoms with van der Waals surface area (Å²) in [7, 11) is -0.877. The van der Waals surface area contributed by atoms with Crippen LogP contribution in [-0.2, 0) is 27.9 Å². The minimum Gasteiger partial charge on any atom is -0.497 e. The summed E-state index contributed by atoms with van der Waals surface area (Å²) in [5, 5.41) is -1.30. The lowest BCUT2D eigenvalue weighted by Gasteiger charge is -2.26. The van der Waals surface area contributed by atoms with Crippen LogP contribution in [0.5, 0.6) is 11.5 Å². The number of hydrogen-bond acceptors (Lipinski definition) is 5. The second kappa shape index (κ2) is 11.5. The Morgan fingerprint density at radius 3 is 1.81 bits per heavy atom. The lowest BCUT2D eigenvalue weighted by atomic mass is 10.2. The van der Waals surface area contributed by atoms with Gasteiger partial charge < -0.3 is 15.2 Å². The fraction of sp³-hybridized carbons (Fsp3) is 0.348. The highest BCUT2D eigenvalue weighted by atomic mass is 32.2. The van der Waals surface area contributed by atoms with Crippen molar-refractivity contribution in [2.45, 2.75) is 37.6 Å². The predicted octanol–water partition coefficient (Wildman–Crippen LogP) is 3.25. The van der Waals surface area contributed by atoms with Crippen molar-refractivity contribution >= 4 is 15.9 Å². The first kappa shape index (κ1) is 24.4. The maximum absolute atomic E-state index is 13.5. The maximum Gasteiger partial charge on any atom is 0.237 e. The molecule has 0 fully saturated rings. The van der Waals surface area contributed by atoms with E-state index in [1.54, 1.807) is 68.8 Å². The number of carbonyl (C=O) groups excluding carboxylic acids is 1. The Morgan fingerprint density at radius 2 is 1.45 bits per heavy atom. The molecule has 0 saturated heterocycles. The summed E-state index contributed by atoms with van der Waals surface area (Å²) in [5.41, 5.74) is 7.04. The standard InChI is InChI=1S/C23H30N2O5S/c1-4-5-6-7-22(23(24)26)31(27,28)25(16-18-8-12-20(29-2)13-9-18)17-19-10-14-21(30-3)15-11-19/h4,8-15,22H,1,5-7,16-17H2,2-3H3,(H2,24,26)/t22-/m1/s1. The number of ether oxygens (including phenoxy) is 2. The summed E-state index contributed by atoms with van der Waals surface area (Å²) in [5.74, 6) is 0.499. The van der Waals surface area contributed by atoms with Gasteiger partial charge in [0, 0.05) is 13.1 Å². The number of carbonyl (C=O) groups is 1. The maximum atomic E-state index is 13.5. The summed E-state index contributed by atoms with van der Waals surface area (Å²) < 4.78 is 38.6. The summed E-state index contributed by atoms with van der Waals surface area (Å²) in [6, 6.07) is 14.3. The molecule has 168 valence electrons. The molecule has 8 heteroatoms. The highest BCUT2D eigenvalue weighted by molar-refractivity contribution is 7.90. The monoisotopic (exact) mass is 446 g/mol. The number of methoxy groups -OCH3 is 2. The molecule has 0 spiro atoms. The summed E-state index contributed by atoms with van der Waals surface area (Å²) in [6.45, 7) is 3.84. The van der Waals surface area contributed by atoms with E-state index >= 15 is 0 Å². The number of unbranched alkanes of at least 4 members (excludes halogenated alkanes) is 1. The lowest BCUT2D eigenvalue weighted by Crippen LogP contribution is -2.44. The number of sulfonamides is 1. The van der Waals surface area contributed by atoms with Gasteiger partial charge in [-0.2, -0.15) is 4.31 Å². The zero-order valence-corrected chi connectivity index (χ0v) is 18.8. The van der Waals surface area contributed by atoms with E-state index in [0.29, 0.717) is 24.3 Å². The van der Waals surface area contributed by atoms with Crippen LogP contribution in [0.1, 0.15) is 30.4 Å². The van der Waals surface area contributed by atoms with Crippen LogP contribution in [0.4, 0.5) is 0 Å². The molecule has 7 nitrogen and oxygen atoms in total. The first-order valence-electron chi connectivity index (χ1n) is 9.96. The second-order valence-corrected chi connectivity index (χ2v) is 9.24. The van der Waals surface area contributed by atoms with E-state index in [4.69, 9.17) is 15.2 Å². The minimum atomic E-state index is -4.01. The van der Waals surface area contributed by atoms with E-state index in [0.717, 1.165) is 11.1 Å².